The Bertz CT molecular complexity index is 695. The van der Waals surface area contributed by atoms with Crippen LogP contribution in [-0.4, -0.2) is 12.5 Å². The summed E-state index contributed by atoms with van der Waals surface area (Å²) in [5.74, 6) is 0.562. The second-order valence-corrected chi connectivity index (χ2v) is 6.67. The maximum atomic E-state index is 12.9. The van der Waals surface area contributed by atoms with Gasteiger partial charge in [0.1, 0.15) is 0 Å². The van der Waals surface area contributed by atoms with Gasteiger partial charge in [-0.1, -0.05) is 47.1 Å². The highest BCUT2D eigenvalue weighted by Gasteiger charge is 2.26. The molecule has 0 aliphatic carbocycles. The van der Waals surface area contributed by atoms with Crippen LogP contribution in [0.4, 0.5) is 5.69 Å². The molecule has 2 aromatic carbocycles. The SMILES string of the molecule is Cc1ccc(C(=O)N2CC(C)Cc3ccccc32)cc1Br. The fourth-order valence-corrected chi connectivity index (χ4v) is 3.25. The Kier molecular flexibility index (Phi) is 3.85. The Hall–Kier alpha value is -1.61. The summed E-state index contributed by atoms with van der Waals surface area (Å²) < 4.78 is 0.978. The number of halogens is 1. The van der Waals surface area contributed by atoms with Gasteiger partial charge in [-0.25, -0.2) is 0 Å². The Balaban J connectivity index is 1.99. The predicted octanol–water partition coefficient (Wildman–Crippen LogP) is 4.60. The number of hydrogen-bond donors (Lipinski definition) is 0. The molecule has 1 heterocycles. The van der Waals surface area contributed by atoms with Crippen molar-refractivity contribution in [2.45, 2.75) is 20.3 Å². The molecule has 108 valence electrons. The molecule has 1 amide bonds. The van der Waals surface area contributed by atoms with Crippen LogP contribution in [0.2, 0.25) is 0 Å². The maximum absolute atomic E-state index is 12.9. The lowest BCUT2D eigenvalue weighted by Gasteiger charge is -2.33. The Morgan fingerprint density at radius 2 is 2.00 bits per heavy atom. The van der Waals surface area contributed by atoms with Gasteiger partial charge in [0.25, 0.3) is 5.91 Å². The van der Waals surface area contributed by atoms with E-state index in [9.17, 15) is 4.79 Å². The van der Waals surface area contributed by atoms with Gasteiger partial charge in [-0.3, -0.25) is 4.79 Å². The normalized spacial score (nSPS) is 17.5. The number of aryl methyl sites for hydroxylation is 1. The fraction of sp³-hybridized carbons (Fsp3) is 0.278. The number of anilines is 1. The highest BCUT2D eigenvalue weighted by Crippen LogP contribution is 2.31. The quantitative estimate of drug-likeness (QED) is 0.741. The van der Waals surface area contributed by atoms with Crippen molar-refractivity contribution in [2.75, 3.05) is 11.4 Å². The lowest BCUT2D eigenvalue weighted by atomic mass is 9.93. The van der Waals surface area contributed by atoms with E-state index < -0.39 is 0 Å². The van der Waals surface area contributed by atoms with Crippen LogP contribution < -0.4 is 4.90 Å². The van der Waals surface area contributed by atoms with E-state index in [0.717, 1.165) is 34.3 Å². The molecule has 3 heteroatoms. The Labute approximate surface area is 133 Å². The zero-order chi connectivity index (χ0) is 15.0. The molecule has 0 N–H and O–H groups in total. The van der Waals surface area contributed by atoms with Gasteiger partial charge in [0.05, 0.1) is 0 Å². The number of rotatable bonds is 1. The molecule has 0 saturated carbocycles. The number of nitrogens with zero attached hydrogens (tertiary/aromatic N) is 1. The third kappa shape index (κ3) is 2.75. The summed E-state index contributed by atoms with van der Waals surface area (Å²) in [6.45, 7) is 5.00. The first-order chi connectivity index (χ1) is 10.1. The van der Waals surface area contributed by atoms with E-state index in [1.165, 1.54) is 5.56 Å². The van der Waals surface area contributed by atoms with Crippen molar-refractivity contribution in [1.82, 2.24) is 0 Å². The summed E-state index contributed by atoms with van der Waals surface area (Å²) in [4.78, 5) is 14.8. The van der Waals surface area contributed by atoms with E-state index in [0.29, 0.717) is 5.92 Å². The molecule has 0 spiro atoms. The first-order valence-corrected chi connectivity index (χ1v) is 8.01. The summed E-state index contributed by atoms with van der Waals surface area (Å²) in [6.07, 6.45) is 1.04. The number of carbonyl (C=O) groups excluding carboxylic acids is 1. The average Bonchev–Trinajstić information content (AvgIpc) is 2.48. The highest BCUT2D eigenvalue weighted by molar-refractivity contribution is 9.10. The largest absolute Gasteiger partial charge is 0.308 e. The number of carbonyl (C=O) groups is 1. The molecular formula is C18H18BrNO. The van der Waals surface area contributed by atoms with E-state index in [2.05, 4.69) is 28.9 Å². The van der Waals surface area contributed by atoms with Crippen molar-refractivity contribution < 1.29 is 4.79 Å². The summed E-state index contributed by atoms with van der Waals surface area (Å²) in [5.41, 5.74) is 4.18. The van der Waals surface area contributed by atoms with Crippen molar-refractivity contribution in [3.8, 4) is 0 Å². The molecule has 0 radical (unpaired) electrons. The van der Waals surface area contributed by atoms with Crippen LogP contribution in [0.15, 0.2) is 46.9 Å². The molecule has 1 aliphatic heterocycles. The molecule has 0 bridgehead atoms. The fourth-order valence-electron chi connectivity index (χ4n) is 2.87. The number of benzene rings is 2. The van der Waals surface area contributed by atoms with E-state index in [1.54, 1.807) is 0 Å². The smallest absolute Gasteiger partial charge is 0.258 e. The minimum Gasteiger partial charge on any atom is -0.308 e. The van der Waals surface area contributed by atoms with Gasteiger partial charge >= 0.3 is 0 Å². The van der Waals surface area contributed by atoms with E-state index in [4.69, 9.17) is 0 Å². The van der Waals surface area contributed by atoms with Crippen LogP contribution >= 0.6 is 15.9 Å². The zero-order valence-electron chi connectivity index (χ0n) is 12.3. The molecule has 1 atom stereocenters. The van der Waals surface area contributed by atoms with Crippen LogP contribution in [0.5, 0.6) is 0 Å². The summed E-state index contributed by atoms with van der Waals surface area (Å²) >= 11 is 3.51. The number of amides is 1. The van der Waals surface area contributed by atoms with Crippen molar-refractivity contribution in [2.24, 2.45) is 5.92 Å². The van der Waals surface area contributed by atoms with E-state index in [1.807, 2.05) is 48.2 Å². The molecule has 21 heavy (non-hydrogen) atoms. The first-order valence-electron chi connectivity index (χ1n) is 7.22. The van der Waals surface area contributed by atoms with Crippen molar-refractivity contribution >= 4 is 27.5 Å². The summed E-state index contributed by atoms with van der Waals surface area (Å²) in [7, 11) is 0. The minimum absolute atomic E-state index is 0.0784. The lowest BCUT2D eigenvalue weighted by molar-refractivity contribution is 0.0981. The molecule has 0 aromatic heterocycles. The highest BCUT2D eigenvalue weighted by atomic mass is 79.9. The summed E-state index contributed by atoms with van der Waals surface area (Å²) in [5, 5.41) is 0. The third-order valence-electron chi connectivity index (χ3n) is 4.01. The second-order valence-electron chi connectivity index (χ2n) is 5.82. The molecular weight excluding hydrogens is 326 g/mol. The molecule has 1 aliphatic rings. The van der Waals surface area contributed by atoms with Crippen LogP contribution in [-0.2, 0) is 6.42 Å². The molecule has 2 aromatic rings. The minimum atomic E-state index is 0.0784. The van der Waals surface area contributed by atoms with Crippen LogP contribution in [0, 0.1) is 12.8 Å². The van der Waals surface area contributed by atoms with Gasteiger partial charge in [0.15, 0.2) is 0 Å². The average molecular weight is 344 g/mol. The standard InChI is InChI=1S/C18H18BrNO/c1-12-9-14-5-3-4-6-17(14)20(11-12)18(21)15-8-7-13(2)16(19)10-15/h3-8,10,12H,9,11H2,1-2H3. The predicted molar refractivity (Wildman–Crippen MR) is 89.9 cm³/mol. The van der Waals surface area contributed by atoms with Gasteiger partial charge in [0, 0.05) is 22.3 Å². The van der Waals surface area contributed by atoms with Crippen molar-refractivity contribution in [3.63, 3.8) is 0 Å². The Morgan fingerprint density at radius 1 is 1.24 bits per heavy atom. The van der Waals surface area contributed by atoms with Gasteiger partial charge in [-0.2, -0.15) is 0 Å². The molecule has 0 saturated heterocycles. The molecule has 0 fully saturated rings. The number of para-hydroxylation sites is 1. The van der Waals surface area contributed by atoms with Gasteiger partial charge < -0.3 is 4.90 Å². The van der Waals surface area contributed by atoms with Crippen molar-refractivity contribution in [3.05, 3.63) is 63.6 Å². The first kappa shape index (κ1) is 14.3. The monoisotopic (exact) mass is 343 g/mol. The van der Waals surface area contributed by atoms with Crippen LogP contribution in [0.3, 0.4) is 0 Å². The number of fused-ring (bicyclic) bond motifs is 1. The second kappa shape index (κ2) is 5.64. The molecule has 3 rings (SSSR count). The topological polar surface area (TPSA) is 20.3 Å². The van der Waals surface area contributed by atoms with Crippen LogP contribution in [0.1, 0.15) is 28.4 Å². The molecule has 2 nitrogen and oxygen atoms in total. The van der Waals surface area contributed by atoms with Crippen molar-refractivity contribution in [1.29, 1.82) is 0 Å². The maximum Gasteiger partial charge on any atom is 0.258 e. The van der Waals surface area contributed by atoms with Gasteiger partial charge in [-0.15, -0.1) is 0 Å². The van der Waals surface area contributed by atoms with Gasteiger partial charge in [-0.05, 0) is 48.6 Å². The Morgan fingerprint density at radius 3 is 2.76 bits per heavy atom. The molecule has 1 unspecified atom stereocenters. The van der Waals surface area contributed by atoms with Gasteiger partial charge in [0.2, 0.25) is 0 Å². The van der Waals surface area contributed by atoms with E-state index in [-0.39, 0.29) is 5.91 Å². The number of hydrogen-bond acceptors (Lipinski definition) is 1. The van der Waals surface area contributed by atoms with E-state index >= 15 is 0 Å². The zero-order valence-corrected chi connectivity index (χ0v) is 13.9. The third-order valence-corrected chi connectivity index (χ3v) is 4.86. The summed E-state index contributed by atoms with van der Waals surface area (Å²) in [6, 6.07) is 14.0. The van der Waals surface area contributed by atoms with Crippen LogP contribution in [0.25, 0.3) is 0 Å². The lowest BCUT2D eigenvalue weighted by Crippen LogP contribution is -2.39.